The standard InChI is InChI=1S/C15H10O5/c16-8-5-6-10-12(7-8)20-15(14(19)13(10)18)9-3-1-2-4-11(9)17/h1-7,16-17,19H. The molecule has 0 aliphatic rings. The first-order valence-electron chi connectivity index (χ1n) is 5.85. The third-order valence-electron chi connectivity index (χ3n) is 3.00. The number of phenolic OH excluding ortho intramolecular Hbond substituents is 2. The van der Waals surface area contributed by atoms with Crippen LogP contribution in [0.5, 0.6) is 17.2 Å². The van der Waals surface area contributed by atoms with E-state index < -0.39 is 11.2 Å². The zero-order valence-electron chi connectivity index (χ0n) is 10.2. The van der Waals surface area contributed by atoms with Gasteiger partial charge in [-0.25, -0.2) is 0 Å². The van der Waals surface area contributed by atoms with Crippen molar-refractivity contribution in [3.05, 3.63) is 52.7 Å². The molecule has 1 aromatic heterocycles. The third kappa shape index (κ3) is 1.76. The Labute approximate surface area is 113 Å². The Morgan fingerprint density at radius 2 is 1.70 bits per heavy atom. The normalized spacial score (nSPS) is 10.8. The van der Waals surface area contributed by atoms with Crippen LogP contribution in [0.3, 0.4) is 0 Å². The lowest BCUT2D eigenvalue weighted by atomic mass is 10.1. The molecule has 0 amide bonds. The molecule has 2 aromatic carbocycles. The maximum atomic E-state index is 12.1. The molecule has 3 aromatic rings. The minimum atomic E-state index is -0.621. The first-order chi connectivity index (χ1) is 9.58. The van der Waals surface area contributed by atoms with E-state index >= 15 is 0 Å². The number of rotatable bonds is 1. The predicted molar refractivity (Wildman–Crippen MR) is 72.9 cm³/mol. The second kappa shape index (κ2) is 4.31. The van der Waals surface area contributed by atoms with Crippen molar-refractivity contribution in [2.24, 2.45) is 0 Å². The topological polar surface area (TPSA) is 90.9 Å². The number of hydrogen-bond acceptors (Lipinski definition) is 5. The van der Waals surface area contributed by atoms with Gasteiger partial charge in [-0.05, 0) is 24.3 Å². The molecule has 3 rings (SSSR count). The Morgan fingerprint density at radius 3 is 2.45 bits per heavy atom. The van der Waals surface area contributed by atoms with Gasteiger partial charge in [-0.15, -0.1) is 0 Å². The Kier molecular flexibility index (Phi) is 2.61. The molecular weight excluding hydrogens is 260 g/mol. The van der Waals surface area contributed by atoms with E-state index in [0.29, 0.717) is 0 Å². The zero-order valence-corrected chi connectivity index (χ0v) is 10.2. The van der Waals surface area contributed by atoms with Gasteiger partial charge in [0.25, 0.3) is 0 Å². The second-order valence-corrected chi connectivity index (χ2v) is 4.31. The molecule has 5 nitrogen and oxygen atoms in total. The summed E-state index contributed by atoms with van der Waals surface area (Å²) in [6.45, 7) is 0. The quantitative estimate of drug-likeness (QED) is 0.632. The van der Waals surface area contributed by atoms with Gasteiger partial charge in [-0.3, -0.25) is 4.79 Å². The van der Waals surface area contributed by atoms with E-state index in [2.05, 4.69) is 0 Å². The molecule has 0 aliphatic carbocycles. The maximum Gasteiger partial charge on any atom is 0.235 e. The summed E-state index contributed by atoms with van der Waals surface area (Å²) in [7, 11) is 0. The highest BCUT2D eigenvalue weighted by molar-refractivity contribution is 5.83. The van der Waals surface area contributed by atoms with Crippen molar-refractivity contribution in [3.8, 4) is 28.6 Å². The van der Waals surface area contributed by atoms with Crippen LogP contribution < -0.4 is 5.43 Å². The van der Waals surface area contributed by atoms with Crippen molar-refractivity contribution in [1.82, 2.24) is 0 Å². The average Bonchev–Trinajstić information content (AvgIpc) is 2.43. The van der Waals surface area contributed by atoms with Crippen LogP contribution in [0.2, 0.25) is 0 Å². The smallest absolute Gasteiger partial charge is 0.235 e. The predicted octanol–water partition coefficient (Wildman–Crippen LogP) is 2.58. The maximum absolute atomic E-state index is 12.1. The van der Waals surface area contributed by atoms with Crippen LogP contribution in [0, 0.1) is 0 Å². The van der Waals surface area contributed by atoms with Gasteiger partial charge in [-0.1, -0.05) is 12.1 Å². The zero-order chi connectivity index (χ0) is 14.3. The van der Waals surface area contributed by atoms with Gasteiger partial charge in [0.2, 0.25) is 11.2 Å². The van der Waals surface area contributed by atoms with Crippen LogP contribution in [-0.2, 0) is 0 Å². The number of phenols is 2. The van der Waals surface area contributed by atoms with E-state index in [9.17, 15) is 20.1 Å². The lowest BCUT2D eigenvalue weighted by Gasteiger charge is -2.07. The molecule has 0 fully saturated rings. The Morgan fingerprint density at radius 1 is 0.950 bits per heavy atom. The van der Waals surface area contributed by atoms with Gasteiger partial charge in [0.05, 0.1) is 10.9 Å². The number of hydrogen-bond donors (Lipinski definition) is 3. The highest BCUT2D eigenvalue weighted by Crippen LogP contribution is 2.35. The van der Waals surface area contributed by atoms with Crippen molar-refractivity contribution >= 4 is 11.0 Å². The largest absolute Gasteiger partial charge is 0.508 e. The summed E-state index contributed by atoms with van der Waals surface area (Å²) in [5, 5.41) is 29.3. The molecule has 100 valence electrons. The van der Waals surface area contributed by atoms with Crippen molar-refractivity contribution in [3.63, 3.8) is 0 Å². The molecule has 1 heterocycles. The third-order valence-corrected chi connectivity index (χ3v) is 3.00. The molecule has 3 N–H and O–H groups in total. The number of benzene rings is 2. The highest BCUT2D eigenvalue weighted by Gasteiger charge is 2.17. The van der Waals surface area contributed by atoms with Gasteiger partial charge < -0.3 is 19.7 Å². The van der Waals surface area contributed by atoms with Crippen LogP contribution in [0.1, 0.15) is 0 Å². The fraction of sp³-hybridized carbons (Fsp3) is 0. The molecule has 5 heteroatoms. The Balaban J connectivity index is 2.40. The summed E-state index contributed by atoms with van der Waals surface area (Å²) in [6.07, 6.45) is 0. The summed E-state index contributed by atoms with van der Waals surface area (Å²) < 4.78 is 5.45. The summed E-state index contributed by atoms with van der Waals surface area (Å²) in [6, 6.07) is 10.2. The number of fused-ring (bicyclic) bond motifs is 1. The van der Waals surface area contributed by atoms with Crippen LogP contribution in [0.15, 0.2) is 51.7 Å². The van der Waals surface area contributed by atoms with Crippen molar-refractivity contribution < 1.29 is 19.7 Å². The summed E-state index contributed by atoms with van der Waals surface area (Å²) >= 11 is 0. The SMILES string of the molecule is O=c1c(O)c(-c2ccccc2O)oc2cc(O)ccc12. The van der Waals surface area contributed by atoms with Crippen molar-refractivity contribution in [2.45, 2.75) is 0 Å². The van der Waals surface area contributed by atoms with E-state index in [4.69, 9.17) is 4.42 Å². The van der Waals surface area contributed by atoms with Gasteiger partial charge >= 0.3 is 0 Å². The molecule has 0 unspecified atom stereocenters. The molecule has 0 atom stereocenters. The Bertz CT molecular complexity index is 864. The molecular formula is C15H10O5. The molecule has 0 spiro atoms. The molecule has 20 heavy (non-hydrogen) atoms. The number of para-hydroxylation sites is 1. The van der Waals surface area contributed by atoms with Crippen LogP contribution in [-0.4, -0.2) is 15.3 Å². The van der Waals surface area contributed by atoms with E-state index in [1.54, 1.807) is 12.1 Å². The van der Waals surface area contributed by atoms with Crippen LogP contribution >= 0.6 is 0 Å². The lowest BCUT2D eigenvalue weighted by molar-refractivity contribution is 0.442. The van der Waals surface area contributed by atoms with E-state index in [1.165, 1.54) is 30.3 Å². The highest BCUT2D eigenvalue weighted by atomic mass is 16.4. The van der Waals surface area contributed by atoms with Crippen LogP contribution in [0.25, 0.3) is 22.3 Å². The molecule has 0 saturated carbocycles. The van der Waals surface area contributed by atoms with E-state index in [1.807, 2.05) is 0 Å². The number of aromatic hydroxyl groups is 3. The van der Waals surface area contributed by atoms with Gasteiger partial charge in [-0.2, -0.15) is 0 Å². The second-order valence-electron chi connectivity index (χ2n) is 4.31. The van der Waals surface area contributed by atoms with Gasteiger partial charge in [0.1, 0.15) is 17.1 Å². The average molecular weight is 270 g/mol. The van der Waals surface area contributed by atoms with E-state index in [-0.39, 0.29) is 33.8 Å². The van der Waals surface area contributed by atoms with Crippen molar-refractivity contribution in [2.75, 3.05) is 0 Å². The first kappa shape index (κ1) is 12.1. The summed E-state index contributed by atoms with van der Waals surface area (Å²) in [4.78, 5) is 12.1. The van der Waals surface area contributed by atoms with E-state index in [0.717, 1.165) is 0 Å². The molecule has 0 radical (unpaired) electrons. The van der Waals surface area contributed by atoms with Crippen molar-refractivity contribution in [1.29, 1.82) is 0 Å². The van der Waals surface area contributed by atoms with Gasteiger partial charge in [0, 0.05) is 6.07 Å². The molecule has 0 aliphatic heterocycles. The molecule has 0 saturated heterocycles. The van der Waals surface area contributed by atoms with Gasteiger partial charge in [0.15, 0.2) is 5.76 Å². The fourth-order valence-corrected chi connectivity index (χ4v) is 2.02. The Hall–Kier alpha value is -2.95. The monoisotopic (exact) mass is 270 g/mol. The minimum Gasteiger partial charge on any atom is -0.508 e. The minimum absolute atomic E-state index is 0.0606. The van der Waals surface area contributed by atoms with Crippen LogP contribution in [0.4, 0.5) is 0 Å². The molecule has 0 bridgehead atoms. The fourth-order valence-electron chi connectivity index (χ4n) is 2.02. The summed E-state index contributed by atoms with van der Waals surface area (Å²) in [5.41, 5.74) is -0.289. The lowest BCUT2D eigenvalue weighted by Crippen LogP contribution is -2.02. The first-order valence-corrected chi connectivity index (χ1v) is 5.85. The summed E-state index contributed by atoms with van der Waals surface area (Å²) in [5.74, 6) is -0.893.